The first-order valence-electron chi connectivity index (χ1n) is 7.39. The van der Waals surface area contributed by atoms with Crippen LogP contribution < -0.4 is 5.73 Å². The third-order valence-electron chi connectivity index (χ3n) is 6.36. The van der Waals surface area contributed by atoms with Crippen molar-refractivity contribution in [3.05, 3.63) is 0 Å². The van der Waals surface area contributed by atoms with Crippen molar-refractivity contribution in [1.29, 1.82) is 0 Å². The molecule has 0 aliphatic heterocycles. The van der Waals surface area contributed by atoms with Crippen molar-refractivity contribution < 1.29 is 0 Å². The van der Waals surface area contributed by atoms with Crippen LogP contribution in [-0.2, 0) is 0 Å². The van der Waals surface area contributed by atoms with Crippen LogP contribution in [0.2, 0.25) is 0 Å². The molecule has 16 heavy (non-hydrogen) atoms. The Bertz CT molecular complexity index is 242. The molecule has 92 valence electrons. The van der Waals surface area contributed by atoms with Crippen LogP contribution in [0.4, 0.5) is 0 Å². The maximum absolute atomic E-state index is 6.80. The molecule has 0 aromatic carbocycles. The highest BCUT2D eigenvalue weighted by atomic mass is 14.8. The lowest BCUT2D eigenvalue weighted by molar-refractivity contribution is -0.0998. The van der Waals surface area contributed by atoms with E-state index >= 15 is 0 Å². The molecule has 1 nitrogen and oxygen atoms in total. The second-order valence-electron chi connectivity index (χ2n) is 7.06. The van der Waals surface area contributed by atoms with Crippen LogP contribution in [0.5, 0.6) is 0 Å². The van der Waals surface area contributed by atoms with Crippen LogP contribution in [0.3, 0.4) is 0 Å². The van der Waals surface area contributed by atoms with Gasteiger partial charge in [-0.3, -0.25) is 0 Å². The summed E-state index contributed by atoms with van der Waals surface area (Å²) in [5, 5.41) is 0. The van der Waals surface area contributed by atoms with Crippen LogP contribution in [0, 0.1) is 23.2 Å². The Balaban J connectivity index is 1.93. The Kier molecular flexibility index (Phi) is 2.41. The molecule has 1 heteroatoms. The molecule has 4 saturated carbocycles. The van der Waals surface area contributed by atoms with Crippen molar-refractivity contribution in [2.24, 2.45) is 28.9 Å². The molecule has 0 heterocycles. The van der Waals surface area contributed by atoms with Gasteiger partial charge in [-0.05, 0) is 74.5 Å². The van der Waals surface area contributed by atoms with Crippen LogP contribution >= 0.6 is 0 Å². The maximum atomic E-state index is 6.80. The fourth-order valence-electron chi connectivity index (χ4n) is 5.72. The van der Waals surface area contributed by atoms with Crippen LogP contribution in [-0.4, -0.2) is 5.54 Å². The molecule has 0 radical (unpaired) electrons. The van der Waals surface area contributed by atoms with E-state index in [-0.39, 0.29) is 5.54 Å². The molecule has 0 saturated heterocycles. The van der Waals surface area contributed by atoms with Gasteiger partial charge >= 0.3 is 0 Å². The van der Waals surface area contributed by atoms with E-state index < -0.39 is 0 Å². The maximum Gasteiger partial charge on any atom is 0.0206 e. The second kappa shape index (κ2) is 3.48. The lowest BCUT2D eigenvalue weighted by Gasteiger charge is -2.63. The lowest BCUT2D eigenvalue weighted by atomic mass is 9.44. The summed E-state index contributed by atoms with van der Waals surface area (Å²) in [4.78, 5) is 0. The number of hydrogen-bond donors (Lipinski definition) is 1. The molecule has 0 aromatic rings. The largest absolute Gasteiger partial charge is 0.325 e. The van der Waals surface area contributed by atoms with Crippen molar-refractivity contribution in [1.82, 2.24) is 0 Å². The Morgan fingerprint density at radius 3 is 1.62 bits per heavy atom. The Morgan fingerprint density at radius 2 is 1.31 bits per heavy atom. The fraction of sp³-hybridized carbons (Fsp3) is 1.00. The number of rotatable bonds is 3. The zero-order valence-corrected chi connectivity index (χ0v) is 11.0. The summed E-state index contributed by atoms with van der Waals surface area (Å²) in [6, 6.07) is 0. The van der Waals surface area contributed by atoms with Gasteiger partial charge in [-0.1, -0.05) is 13.8 Å². The van der Waals surface area contributed by atoms with Crippen molar-refractivity contribution in [2.45, 2.75) is 70.8 Å². The van der Waals surface area contributed by atoms with Crippen molar-refractivity contribution in [2.75, 3.05) is 0 Å². The van der Waals surface area contributed by atoms with E-state index in [0.717, 1.165) is 17.8 Å². The Morgan fingerprint density at radius 1 is 0.938 bits per heavy atom. The van der Waals surface area contributed by atoms with E-state index in [1.807, 2.05) is 0 Å². The molecular formula is C15H27N. The van der Waals surface area contributed by atoms with Crippen molar-refractivity contribution in [3.63, 3.8) is 0 Å². The smallest absolute Gasteiger partial charge is 0.0206 e. The summed E-state index contributed by atoms with van der Waals surface area (Å²) < 4.78 is 0. The first-order chi connectivity index (χ1) is 7.61. The molecule has 0 amide bonds. The van der Waals surface area contributed by atoms with E-state index in [9.17, 15) is 0 Å². The minimum Gasteiger partial charge on any atom is -0.325 e. The highest BCUT2D eigenvalue weighted by molar-refractivity contribution is 5.11. The molecule has 4 fully saturated rings. The molecule has 0 spiro atoms. The lowest BCUT2D eigenvalue weighted by Crippen LogP contribution is -2.62. The van der Waals surface area contributed by atoms with Gasteiger partial charge in [-0.2, -0.15) is 0 Å². The summed E-state index contributed by atoms with van der Waals surface area (Å²) in [6.45, 7) is 4.62. The van der Waals surface area contributed by atoms with Crippen molar-refractivity contribution in [3.8, 4) is 0 Å². The van der Waals surface area contributed by atoms with Gasteiger partial charge in [0.2, 0.25) is 0 Å². The Hall–Kier alpha value is -0.0400. The van der Waals surface area contributed by atoms with Gasteiger partial charge in [0.15, 0.2) is 0 Å². The average Bonchev–Trinajstić information content (AvgIpc) is 2.26. The van der Waals surface area contributed by atoms with E-state index in [2.05, 4.69) is 13.8 Å². The SMILES string of the molecule is CCC(N)(CC)C12CC3CC(CC(C3)C1)C2. The predicted octanol–water partition coefficient (Wildman–Crippen LogP) is 3.72. The molecule has 0 aromatic heterocycles. The van der Waals surface area contributed by atoms with Gasteiger partial charge in [0.05, 0.1) is 0 Å². The molecule has 4 bridgehead atoms. The fourth-order valence-corrected chi connectivity index (χ4v) is 5.72. The molecule has 4 rings (SSSR count). The summed E-state index contributed by atoms with van der Waals surface area (Å²) >= 11 is 0. The predicted molar refractivity (Wildman–Crippen MR) is 68.1 cm³/mol. The normalized spacial score (nSPS) is 46.3. The second-order valence-corrected chi connectivity index (χ2v) is 7.06. The first kappa shape index (κ1) is 11.1. The van der Waals surface area contributed by atoms with Gasteiger partial charge in [-0.15, -0.1) is 0 Å². The van der Waals surface area contributed by atoms with Gasteiger partial charge in [0.25, 0.3) is 0 Å². The Labute approximate surface area is 100 Å². The summed E-state index contributed by atoms with van der Waals surface area (Å²) in [5.74, 6) is 3.10. The topological polar surface area (TPSA) is 26.0 Å². The minimum atomic E-state index is 0.142. The molecule has 4 aliphatic rings. The molecule has 4 aliphatic carbocycles. The summed E-state index contributed by atoms with van der Waals surface area (Å²) in [7, 11) is 0. The first-order valence-corrected chi connectivity index (χ1v) is 7.39. The van der Waals surface area contributed by atoms with Gasteiger partial charge < -0.3 is 5.73 Å². The van der Waals surface area contributed by atoms with E-state index in [0.29, 0.717) is 5.41 Å². The van der Waals surface area contributed by atoms with Gasteiger partial charge in [-0.25, -0.2) is 0 Å². The molecule has 2 N–H and O–H groups in total. The number of nitrogens with two attached hydrogens (primary N) is 1. The molecule has 0 atom stereocenters. The van der Waals surface area contributed by atoms with Crippen molar-refractivity contribution >= 4 is 0 Å². The van der Waals surface area contributed by atoms with Crippen LogP contribution in [0.25, 0.3) is 0 Å². The van der Waals surface area contributed by atoms with E-state index in [1.54, 1.807) is 0 Å². The summed E-state index contributed by atoms with van der Waals surface area (Å²) in [6.07, 6.45) is 11.3. The van der Waals surface area contributed by atoms with Crippen LogP contribution in [0.15, 0.2) is 0 Å². The van der Waals surface area contributed by atoms with E-state index in [4.69, 9.17) is 5.73 Å². The molecular weight excluding hydrogens is 194 g/mol. The third-order valence-corrected chi connectivity index (χ3v) is 6.36. The number of hydrogen-bond acceptors (Lipinski definition) is 1. The van der Waals surface area contributed by atoms with Crippen LogP contribution in [0.1, 0.15) is 65.2 Å². The highest BCUT2D eigenvalue weighted by Gasteiger charge is 2.57. The summed E-state index contributed by atoms with van der Waals surface area (Å²) in [5.41, 5.74) is 7.47. The average molecular weight is 221 g/mol. The zero-order valence-electron chi connectivity index (χ0n) is 11.0. The van der Waals surface area contributed by atoms with Gasteiger partial charge in [0.1, 0.15) is 0 Å². The third kappa shape index (κ3) is 1.33. The standard InChI is InChI=1S/C15H27N/c1-3-15(16,4-2)14-8-11-5-12(9-14)7-13(6-11)10-14/h11-13H,3-10,16H2,1-2H3. The monoisotopic (exact) mass is 221 g/mol. The van der Waals surface area contributed by atoms with E-state index in [1.165, 1.54) is 51.4 Å². The minimum absolute atomic E-state index is 0.142. The van der Waals surface area contributed by atoms with Gasteiger partial charge in [0, 0.05) is 5.54 Å². The zero-order chi connectivity index (χ0) is 11.4. The molecule has 0 unspecified atom stereocenters. The quantitative estimate of drug-likeness (QED) is 0.772. The highest BCUT2D eigenvalue weighted by Crippen LogP contribution is 2.64.